The molecule has 1 saturated heterocycles. The molecule has 22 heavy (non-hydrogen) atoms. The lowest BCUT2D eigenvalue weighted by Gasteiger charge is -2.37. The zero-order chi connectivity index (χ0) is 15.5. The molecule has 0 radical (unpaired) electrons. The number of ether oxygens (including phenoxy) is 1. The number of nitrogens with one attached hydrogen (secondary N) is 2. The van der Waals surface area contributed by atoms with Gasteiger partial charge in [0.1, 0.15) is 4.90 Å². The molecular formula is C13H25ClN4O3S. The highest BCUT2D eigenvalue weighted by Crippen LogP contribution is 2.29. The normalized spacial score (nSPS) is 18.0. The van der Waals surface area contributed by atoms with E-state index in [0.29, 0.717) is 18.8 Å². The zero-order valence-electron chi connectivity index (χ0n) is 13.3. The Morgan fingerprint density at radius 1 is 1.45 bits per heavy atom. The summed E-state index contributed by atoms with van der Waals surface area (Å²) in [4.78, 5) is 0.242. The van der Waals surface area contributed by atoms with Gasteiger partial charge in [0.05, 0.1) is 18.5 Å². The van der Waals surface area contributed by atoms with E-state index in [9.17, 15) is 8.42 Å². The third-order valence-corrected chi connectivity index (χ3v) is 5.74. The molecule has 1 aromatic heterocycles. The van der Waals surface area contributed by atoms with Crippen LogP contribution in [0.25, 0.3) is 0 Å². The Labute approximate surface area is 138 Å². The number of aryl methyl sites for hydroxylation is 1. The summed E-state index contributed by atoms with van der Waals surface area (Å²) in [7, 11) is -0.149. The van der Waals surface area contributed by atoms with Gasteiger partial charge in [0.2, 0.25) is 10.0 Å². The lowest BCUT2D eigenvalue weighted by atomic mass is 9.80. The SMILES string of the molecule is COCC1(CNS(=O)(=O)c2cnn(C)c2C)CCNCC1.Cl. The minimum Gasteiger partial charge on any atom is -0.384 e. The van der Waals surface area contributed by atoms with Crippen LogP contribution in [0.5, 0.6) is 0 Å². The molecule has 1 fully saturated rings. The Bertz CT molecular complexity index is 577. The smallest absolute Gasteiger partial charge is 0.243 e. The van der Waals surface area contributed by atoms with Crippen molar-refractivity contribution < 1.29 is 13.2 Å². The maximum atomic E-state index is 12.4. The molecule has 0 aromatic carbocycles. The largest absolute Gasteiger partial charge is 0.384 e. The van der Waals surface area contributed by atoms with Gasteiger partial charge in [-0.1, -0.05) is 0 Å². The highest BCUT2D eigenvalue weighted by Gasteiger charge is 2.34. The van der Waals surface area contributed by atoms with Crippen LogP contribution in [0.3, 0.4) is 0 Å². The summed E-state index contributed by atoms with van der Waals surface area (Å²) in [6.45, 7) is 4.47. The molecule has 2 heterocycles. The predicted octanol–water partition coefficient (Wildman–Crippen LogP) is 0.445. The average molecular weight is 353 g/mol. The van der Waals surface area contributed by atoms with Gasteiger partial charge in [-0.15, -0.1) is 12.4 Å². The molecule has 0 amide bonds. The van der Waals surface area contributed by atoms with Crippen molar-refractivity contribution in [2.45, 2.75) is 24.7 Å². The minimum atomic E-state index is -3.54. The van der Waals surface area contributed by atoms with Crippen LogP contribution in [0.1, 0.15) is 18.5 Å². The van der Waals surface area contributed by atoms with Crippen molar-refractivity contribution in [3.05, 3.63) is 11.9 Å². The monoisotopic (exact) mass is 352 g/mol. The van der Waals surface area contributed by atoms with Crippen molar-refractivity contribution in [1.29, 1.82) is 0 Å². The van der Waals surface area contributed by atoms with E-state index >= 15 is 0 Å². The summed E-state index contributed by atoms with van der Waals surface area (Å²) >= 11 is 0. The van der Waals surface area contributed by atoms with E-state index in [1.807, 2.05) is 0 Å². The fourth-order valence-electron chi connectivity index (χ4n) is 2.70. The van der Waals surface area contributed by atoms with Crippen molar-refractivity contribution in [2.75, 3.05) is 33.4 Å². The van der Waals surface area contributed by atoms with E-state index in [1.165, 1.54) is 6.20 Å². The lowest BCUT2D eigenvalue weighted by molar-refractivity contribution is 0.0577. The van der Waals surface area contributed by atoms with Crippen LogP contribution in [0.4, 0.5) is 0 Å². The van der Waals surface area contributed by atoms with Crippen LogP contribution in [0.2, 0.25) is 0 Å². The van der Waals surface area contributed by atoms with E-state index in [-0.39, 0.29) is 22.7 Å². The van der Waals surface area contributed by atoms with Crippen molar-refractivity contribution in [3.8, 4) is 0 Å². The maximum Gasteiger partial charge on any atom is 0.243 e. The molecule has 0 spiro atoms. The van der Waals surface area contributed by atoms with E-state index in [2.05, 4.69) is 15.1 Å². The van der Waals surface area contributed by atoms with Crippen LogP contribution in [-0.4, -0.2) is 51.5 Å². The van der Waals surface area contributed by atoms with Crippen molar-refractivity contribution >= 4 is 22.4 Å². The molecule has 0 bridgehead atoms. The van der Waals surface area contributed by atoms with Crippen LogP contribution in [0.15, 0.2) is 11.1 Å². The number of rotatable bonds is 6. The van der Waals surface area contributed by atoms with Crippen LogP contribution < -0.4 is 10.0 Å². The second-order valence-electron chi connectivity index (χ2n) is 5.73. The highest BCUT2D eigenvalue weighted by atomic mass is 35.5. The Kier molecular flexibility index (Phi) is 6.82. The molecule has 1 aliphatic heterocycles. The summed E-state index contributed by atoms with van der Waals surface area (Å²) in [6, 6.07) is 0. The Balaban J connectivity index is 0.00000242. The predicted molar refractivity (Wildman–Crippen MR) is 86.8 cm³/mol. The van der Waals surface area contributed by atoms with E-state index in [0.717, 1.165) is 25.9 Å². The Morgan fingerprint density at radius 3 is 2.59 bits per heavy atom. The van der Waals surface area contributed by atoms with Crippen LogP contribution in [-0.2, 0) is 21.8 Å². The zero-order valence-corrected chi connectivity index (χ0v) is 14.9. The number of methoxy groups -OCH3 is 1. The molecule has 2 rings (SSSR count). The number of aromatic nitrogens is 2. The average Bonchev–Trinajstić information content (AvgIpc) is 2.79. The standard InChI is InChI=1S/C13H24N4O3S.ClH/c1-11-12(8-15-17(11)2)21(18,19)16-9-13(10-20-3)4-6-14-7-5-13;/h8,14,16H,4-7,9-10H2,1-3H3;1H. The number of piperidine rings is 1. The molecule has 0 aliphatic carbocycles. The van der Waals surface area contributed by atoms with Gasteiger partial charge in [0.25, 0.3) is 0 Å². The first-order chi connectivity index (χ1) is 9.90. The molecule has 128 valence electrons. The quantitative estimate of drug-likeness (QED) is 0.776. The summed E-state index contributed by atoms with van der Waals surface area (Å²) in [6.07, 6.45) is 3.19. The summed E-state index contributed by atoms with van der Waals surface area (Å²) in [5.74, 6) is 0. The summed E-state index contributed by atoms with van der Waals surface area (Å²) in [5.41, 5.74) is 0.497. The summed E-state index contributed by atoms with van der Waals surface area (Å²) in [5, 5.41) is 7.29. The Morgan fingerprint density at radius 2 is 2.09 bits per heavy atom. The van der Waals surface area contributed by atoms with Gasteiger partial charge in [-0.25, -0.2) is 13.1 Å². The van der Waals surface area contributed by atoms with Crippen molar-refractivity contribution in [1.82, 2.24) is 19.8 Å². The van der Waals surface area contributed by atoms with Crippen LogP contribution >= 0.6 is 12.4 Å². The van der Waals surface area contributed by atoms with Gasteiger partial charge in [0, 0.05) is 26.1 Å². The molecule has 7 nitrogen and oxygen atoms in total. The maximum absolute atomic E-state index is 12.4. The number of hydrogen-bond donors (Lipinski definition) is 2. The van der Waals surface area contributed by atoms with Crippen LogP contribution in [0, 0.1) is 12.3 Å². The molecule has 1 aliphatic rings. The van der Waals surface area contributed by atoms with E-state index in [1.54, 1.807) is 25.8 Å². The molecule has 9 heteroatoms. The number of halogens is 1. The van der Waals surface area contributed by atoms with E-state index < -0.39 is 10.0 Å². The summed E-state index contributed by atoms with van der Waals surface area (Å²) < 4.78 is 34.5. The van der Waals surface area contributed by atoms with Gasteiger partial charge in [-0.3, -0.25) is 4.68 Å². The Hall–Kier alpha value is -0.670. The second kappa shape index (κ2) is 7.74. The first-order valence-electron chi connectivity index (χ1n) is 7.08. The highest BCUT2D eigenvalue weighted by molar-refractivity contribution is 7.89. The van der Waals surface area contributed by atoms with Gasteiger partial charge in [-0.2, -0.15) is 5.10 Å². The minimum absolute atomic E-state index is 0. The molecule has 0 atom stereocenters. The topological polar surface area (TPSA) is 85.2 Å². The van der Waals surface area contributed by atoms with E-state index in [4.69, 9.17) is 4.74 Å². The fourth-order valence-corrected chi connectivity index (χ4v) is 4.06. The van der Waals surface area contributed by atoms with Gasteiger partial charge in [-0.05, 0) is 32.9 Å². The number of sulfonamides is 1. The second-order valence-corrected chi connectivity index (χ2v) is 7.46. The molecule has 0 unspecified atom stereocenters. The lowest BCUT2D eigenvalue weighted by Crippen LogP contribution is -2.47. The van der Waals surface area contributed by atoms with Crippen molar-refractivity contribution in [3.63, 3.8) is 0 Å². The number of hydrogen-bond acceptors (Lipinski definition) is 5. The molecular weight excluding hydrogens is 328 g/mol. The molecule has 0 saturated carbocycles. The number of nitrogens with zero attached hydrogens (tertiary/aromatic N) is 2. The van der Waals surface area contributed by atoms with Gasteiger partial charge < -0.3 is 10.1 Å². The fraction of sp³-hybridized carbons (Fsp3) is 0.769. The first-order valence-corrected chi connectivity index (χ1v) is 8.56. The van der Waals surface area contributed by atoms with Crippen molar-refractivity contribution in [2.24, 2.45) is 12.5 Å². The van der Waals surface area contributed by atoms with Gasteiger partial charge >= 0.3 is 0 Å². The first kappa shape index (κ1) is 19.4. The molecule has 2 N–H and O–H groups in total. The van der Waals surface area contributed by atoms with Gasteiger partial charge in [0.15, 0.2) is 0 Å². The third kappa shape index (κ3) is 4.20. The molecule has 1 aromatic rings. The third-order valence-electron chi connectivity index (χ3n) is 4.23.